The maximum atomic E-state index is 15.9. The van der Waals surface area contributed by atoms with Gasteiger partial charge in [0.15, 0.2) is 5.82 Å². The predicted octanol–water partition coefficient (Wildman–Crippen LogP) is 3.30. The van der Waals surface area contributed by atoms with Crippen molar-refractivity contribution in [2.45, 2.75) is 70.3 Å². The van der Waals surface area contributed by atoms with Gasteiger partial charge >= 0.3 is 0 Å². The number of carbonyl (C=O) groups is 2. The third-order valence-corrected chi connectivity index (χ3v) is 10.2. The van der Waals surface area contributed by atoms with E-state index < -0.39 is 5.92 Å². The molecule has 4 aliphatic heterocycles. The number of amides is 2. The molecule has 0 radical (unpaired) electrons. The lowest BCUT2D eigenvalue weighted by molar-refractivity contribution is -0.134. The first-order valence-electron chi connectivity index (χ1n) is 14.5. The fourth-order valence-electron chi connectivity index (χ4n) is 7.58. The smallest absolute Gasteiger partial charge is 0.235 e. The SMILES string of the molecule is C[C@H](C1CCN(c2ccc3c(C4CCC(=O)NC4=O)nn(C)c3c2F)CC1)N1CCC2(CCNCC2)CC1. The summed E-state index contributed by atoms with van der Waals surface area (Å²) in [5.41, 5.74) is 2.17. The predicted molar refractivity (Wildman–Crippen MR) is 146 cm³/mol. The van der Waals surface area contributed by atoms with Crippen LogP contribution in [0.4, 0.5) is 10.1 Å². The summed E-state index contributed by atoms with van der Waals surface area (Å²) in [5, 5.41) is 11.1. The fourth-order valence-corrected chi connectivity index (χ4v) is 7.58. The van der Waals surface area contributed by atoms with Crippen LogP contribution in [-0.4, -0.2) is 71.8 Å². The molecular weight excluding hydrogens is 483 g/mol. The summed E-state index contributed by atoms with van der Waals surface area (Å²) in [5.74, 6) is -0.773. The number of piperidine rings is 4. The van der Waals surface area contributed by atoms with Gasteiger partial charge in [0.1, 0.15) is 5.52 Å². The molecule has 9 heteroatoms. The largest absolute Gasteiger partial charge is 0.369 e. The van der Waals surface area contributed by atoms with Crippen LogP contribution >= 0.6 is 0 Å². The summed E-state index contributed by atoms with van der Waals surface area (Å²) in [6, 6.07) is 4.32. The number of rotatable bonds is 4. The lowest BCUT2D eigenvalue weighted by atomic mass is 9.71. The summed E-state index contributed by atoms with van der Waals surface area (Å²) < 4.78 is 17.5. The minimum Gasteiger partial charge on any atom is -0.369 e. The number of nitrogens with one attached hydrogen (secondary N) is 2. The van der Waals surface area contributed by atoms with Crippen molar-refractivity contribution in [2.24, 2.45) is 18.4 Å². The second-order valence-electron chi connectivity index (χ2n) is 12.2. The van der Waals surface area contributed by atoms with Gasteiger partial charge in [-0.3, -0.25) is 19.6 Å². The maximum absolute atomic E-state index is 15.9. The van der Waals surface area contributed by atoms with E-state index in [-0.39, 0.29) is 24.1 Å². The molecule has 206 valence electrons. The van der Waals surface area contributed by atoms with E-state index >= 15 is 4.39 Å². The van der Waals surface area contributed by atoms with Crippen molar-refractivity contribution in [3.63, 3.8) is 0 Å². The number of imide groups is 1. The van der Waals surface area contributed by atoms with Gasteiger partial charge in [0.05, 0.1) is 17.3 Å². The summed E-state index contributed by atoms with van der Waals surface area (Å²) in [6.07, 6.45) is 8.13. The Morgan fingerprint density at radius 1 is 1.03 bits per heavy atom. The Bertz CT molecular complexity index is 1200. The van der Waals surface area contributed by atoms with E-state index in [9.17, 15) is 9.59 Å². The summed E-state index contributed by atoms with van der Waals surface area (Å²) in [6.45, 7) is 8.86. The van der Waals surface area contributed by atoms with E-state index in [4.69, 9.17) is 0 Å². The number of nitrogens with zero attached hydrogens (tertiary/aromatic N) is 4. The standard InChI is InChI=1S/C29H41FN6O2/c1-19(35-17-11-29(12-18-35)9-13-31-14-10-29)20-7-15-36(16-8-20)23-5-3-21-26(33-34(2)27(21)25(23)30)22-4-6-24(37)32-28(22)38/h3,5,19-20,22,31H,4,6-18H2,1-2H3,(H,32,37,38)/t19-,22?/m1/s1. The number of aromatic nitrogens is 2. The number of halogens is 1. The van der Waals surface area contributed by atoms with Crippen LogP contribution in [0.3, 0.4) is 0 Å². The van der Waals surface area contributed by atoms with Gasteiger partial charge < -0.3 is 15.1 Å². The molecule has 2 amide bonds. The minimum absolute atomic E-state index is 0.261. The molecule has 38 heavy (non-hydrogen) atoms. The quantitative estimate of drug-likeness (QED) is 0.598. The molecule has 8 nitrogen and oxygen atoms in total. The molecule has 0 bridgehead atoms. The molecular formula is C29H41FN6O2. The van der Waals surface area contributed by atoms with E-state index in [1.165, 1.54) is 51.9 Å². The van der Waals surface area contributed by atoms with Gasteiger partial charge in [0, 0.05) is 38.0 Å². The number of carbonyl (C=O) groups excluding carboxylic acids is 2. The first-order chi connectivity index (χ1) is 18.3. The van der Waals surface area contributed by atoms with Crippen LogP contribution in [0.2, 0.25) is 0 Å². The number of hydrogen-bond donors (Lipinski definition) is 2. The fraction of sp³-hybridized carbons (Fsp3) is 0.690. The molecule has 0 saturated carbocycles. The Labute approximate surface area is 224 Å². The first kappa shape index (κ1) is 25.7. The van der Waals surface area contributed by atoms with Crippen molar-refractivity contribution in [3.8, 4) is 0 Å². The monoisotopic (exact) mass is 524 g/mol. The van der Waals surface area contributed by atoms with Gasteiger partial charge in [-0.15, -0.1) is 0 Å². The molecule has 0 aliphatic carbocycles. The molecule has 1 spiro atoms. The zero-order chi connectivity index (χ0) is 26.4. The third kappa shape index (κ3) is 4.62. The molecule has 1 aromatic carbocycles. The topological polar surface area (TPSA) is 82.5 Å². The van der Waals surface area contributed by atoms with E-state index in [1.54, 1.807) is 11.7 Å². The summed E-state index contributed by atoms with van der Waals surface area (Å²) >= 11 is 0. The van der Waals surface area contributed by atoms with E-state index in [2.05, 4.69) is 32.5 Å². The normalized spacial score (nSPS) is 26.2. The molecule has 4 fully saturated rings. The highest BCUT2D eigenvalue weighted by Gasteiger charge is 2.38. The molecule has 2 atom stereocenters. The van der Waals surface area contributed by atoms with Crippen molar-refractivity contribution in [1.29, 1.82) is 0 Å². The van der Waals surface area contributed by atoms with Crippen LogP contribution in [0.5, 0.6) is 0 Å². The van der Waals surface area contributed by atoms with Crippen LogP contribution in [0.25, 0.3) is 10.9 Å². The van der Waals surface area contributed by atoms with Crippen LogP contribution in [0.1, 0.15) is 69.9 Å². The number of fused-ring (bicyclic) bond motifs is 1. The lowest BCUT2D eigenvalue weighted by Gasteiger charge is -2.48. The van der Waals surface area contributed by atoms with Crippen molar-refractivity contribution in [1.82, 2.24) is 25.3 Å². The zero-order valence-corrected chi connectivity index (χ0v) is 22.8. The number of hydrogen-bond acceptors (Lipinski definition) is 6. The third-order valence-electron chi connectivity index (χ3n) is 10.2. The Hall–Kier alpha value is -2.52. The molecule has 2 aromatic rings. The van der Waals surface area contributed by atoms with Gasteiger partial charge in [0.2, 0.25) is 11.8 Å². The van der Waals surface area contributed by atoms with Crippen molar-refractivity contribution >= 4 is 28.4 Å². The highest BCUT2D eigenvalue weighted by atomic mass is 19.1. The second kappa shape index (κ2) is 10.2. The summed E-state index contributed by atoms with van der Waals surface area (Å²) in [4.78, 5) is 28.9. The highest BCUT2D eigenvalue weighted by molar-refractivity contribution is 6.02. The average molecular weight is 525 g/mol. The van der Waals surface area contributed by atoms with Crippen LogP contribution in [-0.2, 0) is 16.6 Å². The highest BCUT2D eigenvalue weighted by Crippen LogP contribution is 2.41. The van der Waals surface area contributed by atoms with Crippen molar-refractivity contribution in [3.05, 3.63) is 23.6 Å². The Morgan fingerprint density at radius 3 is 2.42 bits per heavy atom. The van der Waals surface area contributed by atoms with Gasteiger partial charge in [-0.1, -0.05) is 0 Å². The molecule has 1 unspecified atom stereocenters. The van der Waals surface area contributed by atoms with Crippen molar-refractivity contribution in [2.75, 3.05) is 44.2 Å². The van der Waals surface area contributed by atoms with Gasteiger partial charge in [-0.05, 0) is 102 Å². The molecule has 5 heterocycles. The average Bonchev–Trinajstić information content (AvgIpc) is 3.26. The molecule has 4 saturated heterocycles. The van der Waals surface area contributed by atoms with Crippen LogP contribution in [0, 0.1) is 17.2 Å². The molecule has 1 aromatic heterocycles. The number of likely N-dealkylation sites (tertiary alicyclic amines) is 1. The second-order valence-corrected chi connectivity index (χ2v) is 12.2. The molecule has 6 rings (SSSR count). The number of aryl methyl sites for hydroxylation is 1. The minimum atomic E-state index is -0.529. The first-order valence-corrected chi connectivity index (χ1v) is 14.5. The van der Waals surface area contributed by atoms with E-state index in [0.29, 0.717) is 46.1 Å². The lowest BCUT2D eigenvalue weighted by Crippen LogP contribution is -2.51. The van der Waals surface area contributed by atoms with Gasteiger partial charge in [0.25, 0.3) is 0 Å². The van der Waals surface area contributed by atoms with Crippen molar-refractivity contribution < 1.29 is 14.0 Å². The Morgan fingerprint density at radius 2 is 1.74 bits per heavy atom. The molecule has 4 aliphatic rings. The Balaban J connectivity index is 1.11. The number of anilines is 1. The van der Waals surface area contributed by atoms with E-state index in [1.807, 2.05) is 12.1 Å². The zero-order valence-electron chi connectivity index (χ0n) is 22.8. The van der Waals surface area contributed by atoms with Crippen LogP contribution < -0.4 is 15.5 Å². The van der Waals surface area contributed by atoms with E-state index in [0.717, 1.165) is 25.9 Å². The Kier molecular flexibility index (Phi) is 6.93. The van der Waals surface area contributed by atoms with Crippen LogP contribution in [0.15, 0.2) is 12.1 Å². The molecule has 2 N–H and O–H groups in total. The van der Waals surface area contributed by atoms with Gasteiger partial charge in [-0.2, -0.15) is 5.10 Å². The summed E-state index contributed by atoms with van der Waals surface area (Å²) in [7, 11) is 1.73. The number of benzene rings is 1. The van der Waals surface area contributed by atoms with Gasteiger partial charge in [-0.25, -0.2) is 4.39 Å². The maximum Gasteiger partial charge on any atom is 0.235 e.